The highest BCUT2D eigenvalue weighted by molar-refractivity contribution is 5.90. The maximum Gasteiger partial charge on any atom is 0.338 e. The Hall–Kier alpha value is -2.17. The first kappa shape index (κ1) is 15.9. The fourth-order valence-corrected chi connectivity index (χ4v) is 1.62. The van der Waals surface area contributed by atoms with Crippen LogP contribution in [0.3, 0.4) is 0 Å². The van der Waals surface area contributed by atoms with E-state index in [1.165, 1.54) is 7.11 Å². The van der Waals surface area contributed by atoms with E-state index in [9.17, 15) is 14.4 Å². The van der Waals surface area contributed by atoms with Gasteiger partial charge in [-0.25, -0.2) is 4.79 Å². The van der Waals surface area contributed by atoms with Crippen LogP contribution in [0.25, 0.3) is 0 Å². The molecular formula is C15H18O5. The first-order valence-corrected chi connectivity index (χ1v) is 6.41. The maximum atomic E-state index is 11.9. The second kappa shape index (κ2) is 8.09. The molecule has 108 valence electrons. The fourth-order valence-electron chi connectivity index (χ4n) is 1.62. The van der Waals surface area contributed by atoms with Gasteiger partial charge in [-0.2, -0.15) is 0 Å². The fraction of sp³-hybridized carbons (Fsp3) is 0.400. The van der Waals surface area contributed by atoms with Gasteiger partial charge in [-0.1, -0.05) is 25.1 Å². The molecule has 1 aromatic carbocycles. The van der Waals surface area contributed by atoms with Gasteiger partial charge in [0.1, 0.15) is 11.9 Å². The lowest BCUT2D eigenvalue weighted by Crippen LogP contribution is -2.25. The van der Waals surface area contributed by atoms with Gasteiger partial charge in [0.05, 0.1) is 19.1 Å². The highest BCUT2D eigenvalue weighted by atomic mass is 16.6. The summed E-state index contributed by atoms with van der Waals surface area (Å²) in [5.74, 6) is -1.14. The zero-order valence-electron chi connectivity index (χ0n) is 11.6. The average molecular weight is 278 g/mol. The van der Waals surface area contributed by atoms with Crippen LogP contribution in [0.2, 0.25) is 0 Å². The molecule has 1 aromatic rings. The summed E-state index contributed by atoms with van der Waals surface area (Å²) < 4.78 is 9.76. The van der Waals surface area contributed by atoms with Crippen LogP contribution < -0.4 is 0 Å². The Labute approximate surface area is 117 Å². The Balaban J connectivity index is 2.70. The second-order valence-corrected chi connectivity index (χ2v) is 4.27. The summed E-state index contributed by atoms with van der Waals surface area (Å²) in [6.07, 6.45) is -0.562. The number of rotatable bonds is 7. The number of methoxy groups -OCH3 is 1. The van der Waals surface area contributed by atoms with Crippen molar-refractivity contribution >= 4 is 17.7 Å². The minimum absolute atomic E-state index is 0.0180. The molecular weight excluding hydrogens is 260 g/mol. The van der Waals surface area contributed by atoms with E-state index >= 15 is 0 Å². The van der Waals surface area contributed by atoms with Crippen LogP contribution in [0.1, 0.15) is 36.5 Å². The predicted molar refractivity (Wildman–Crippen MR) is 72.2 cm³/mol. The number of benzene rings is 1. The molecule has 0 aliphatic carbocycles. The van der Waals surface area contributed by atoms with Crippen LogP contribution in [0.4, 0.5) is 0 Å². The van der Waals surface area contributed by atoms with Gasteiger partial charge in [-0.3, -0.25) is 9.59 Å². The van der Waals surface area contributed by atoms with Crippen LogP contribution >= 0.6 is 0 Å². The molecule has 0 aromatic heterocycles. The van der Waals surface area contributed by atoms with Crippen molar-refractivity contribution in [3.63, 3.8) is 0 Å². The van der Waals surface area contributed by atoms with E-state index in [0.29, 0.717) is 12.0 Å². The zero-order chi connectivity index (χ0) is 15.0. The molecule has 0 spiro atoms. The number of esters is 2. The highest BCUT2D eigenvalue weighted by Gasteiger charge is 2.22. The molecule has 0 aliphatic rings. The van der Waals surface area contributed by atoms with Crippen LogP contribution in [-0.2, 0) is 19.1 Å². The molecule has 0 bridgehead atoms. The van der Waals surface area contributed by atoms with Gasteiger partial charge in [0, 0.05) is 12.8 Å². The largest absolute Gasteiger partial charge is 0.469 e. The topological polar surface area (TPSA) is 69.7 Å². The summed E-state index contributed by atoms with van der Waals surface area (Å²) in [5.41, 5.74) is 0.381. The molecule has 0 heterocycles. The van der Waals surface area contributed by atoms with E-state index in [1.54, 1.807) is 37.3 Å². The summed E-state index contributed by atoms with van der Waals surface area (Å²) >= 11 is 0. The number of hydrogen-bond acceptors (Lipinski definition) is 5. The minimum Gasteiger partial charge on any atom is -0.469 e. The smallest absolute Gasteiger partial charge is 0.338 e. The predicted octanol–water partition coefficient (Wildman–Crippen LogP) is 2.14. The number of carbonyl (C=O) groups is 3. The van der Waals surface area contributed by atoms with Crippen molar-refractivity contribution in [1.82, 2.24) is 0 Å². The average Bonchev–Trinajstić information content (AvgIpc) is 2.47. The molecule has 0 saturated heterocycles. The van der Waals surface area contributed by atoms with Gasteiger partial charge in [0.2, 0.25) is 0 Å². The molecule has 0 saturated carbocycles. The number of carbonyl (C=O) groups excluding carboxylic acids is 3. The molecule has 1 rings (SSSR count). The molecule has 20 heavy (non-hydrogen) atoms. The van der Waals surface area contributed by atoms with E-state index in [4.69, 9.17) is 4.74 Å². The number of hydrogen-bond donors (Lipinski definition) is 0. The Morgan fingerprint density at radius 1 is 1.10 bits per heavy atom. The third-order valence-electron chi connectivity index (χ3n) is 2.75. The standard InChI is InChI=1S/C15H18O5/c1-3-12(16)9-13(10-14(17)19-2)20-15(18)11-7-5-4-6-8-11/h4-8,13H,3,9-10H2,1-2H3/t13-/m1/s1. The SMILES string of the molecule is CCC(=O)C[C@H](CC(=O)OC)OC(=O)c1ccccc1. The van der Waals surface area contributed by atoms with Crippen molar-refractivity contribution in [2.45, 2.75) is 32.3 Å². The van der Waals surface area contributed by atoms with Crippen LogP contribution in [0.15, 0.2) is 30.3 Å². The van der Waals surface area contributed by atoms with Crippen molar-refractivity contribution in [1.29, 1.82) is 0 Å². The third-order valence-corrected chi connectivity index (χ3v) is 2.75. The summed E-state index contributed by atoms with van der Waals surface area (Å²) in [6, 6.07) is 8.42. The lowest BCUT2D eigenvalue weighted by molar-refractivity contribution is -0.143. The molecule has 0 amide bonds. The number of ether oxygens (including phenoxy) is 2. The molecule has 0 radical (unpaired) electrons. The summed E-state index contributed by atoms with van der Waals surface area (Å²) in [5, 5.41) is 0. The lowest BCUT2D eigenvalue weighted by atomic mass is 10.1. The minimum atomic E-state index is -0.789. The van der Waals surface area contributed by atoms with Gasteiger partial charge < -0.3 is 9.47 Å². The quantitative estimate of drug-likeness (QED) is 0.715. The van der Waals surface area contributed by atoms with E-state index < -0.39 is 18.0 Å². The molecule has 0 unspecified atom stereocenters. The molecule has 5 heteroatoms. The Morgan fingerprint density at radius 3 is 2.30 bits per heavy atom. The lowest BCUT2D eigenvalue weighted by Gasteiger charge is -2.16. The van der Waals surface area contributed by atoms with Crippen molar-refractivity contribution in [3.8, 4) is 0 Å². The first-order chi connectivity index (χ1) is 9.56. The molecule has 0 N–H and O–H groups in total. The normalized spacial score (nSPS) is 11.5. The molecule has 0 aliphatic heterocycles. The van der Waals surface area contributed by atoms with Crippen molar-refractivity contribution in [2.75, 3.05) is 7.11 Å². The number of Topliss-reactive ketones (excluding diaryl/α,β-unsaturated/α-hetero) is 1. The molecule has 1 atom stereocenters. The molecule has 0 fully saturated rings. The van der Waals surface area contributed by atoms with Crippen molar-refractivity contribution < 1.29 is 23.9 Å². The monoisotopic (exact) mass is 278 g/mol. The zero-order valence-corrected chi connectivity index (χ0v) is 11.6. The summed E-state index contributed by atoms with van der Waals surface area (Å²) in [4.78, 5) is 34.7. The van der Waals surface area contributed by atoms with Gasteiger partial charge in [-0.05, 0) is 12.1 Å². The van der Waals surface area contributed by atoms with E-state index in [0.717, 1.165) is 0 Å². The Kier molecular flexibility index (Phi) is 6.43. The maximum absolute atomic E-state index is 11.9. The summed E-state index contributed by atoms with van der Waals surface area (Å²) in [6.45, 7) is 1.72. The van der Waals surface area contributed by atoms with Crippen molar-refractivity contribution in [3.05, 3.63) is 35.9 Å². The van der Waals surface area contributed by atoms with Crippen LogP contribution in [-0.4, -0.2) is 30.9 Å². The first-order valence-electron chi connectivity index (χ1n) is 6.41. The van der Waals surface area contributed by atoms with E-state index in [-0.39, 0.29) is 18.6 Å². The Morgan fingerprint density at radius 2 is 1.75 bits per heavy atom. The van der Waals surface area contributed by atoms with Gasteiger partial charge >= 0.3 is 11.9 Å². The highest BCUT2D eigenvalue weighted by Crippen LogP contribution is 2.11. The third kappa shape index (κ3) is 5.22. The van der Waals surface area contributed by atoms with Gasteiger partial charge in [0.15, 0.2) is 0 Å². The number of ketones is 1. The van der Waals surface area contributed by atoms with Gasteiger partial charge in [-0.15, -0.1) is 0 Å². The Bertz CT molecular complexity index is 448. The van der Waals surface area contributed by atoms with E-state index in [1.807, 2.05) is 0 Å². The van der Waals surface area contributed by atoms with E-state index in [2.05, 4.69) is 4.74 Å². The second-order valence-electron chi connectivity index (χ2n) is 4.27. The van der Waals surface area contributed by atoms with Crippen LogP contribution in [0.5, 0.6) is 0 Å². The van der Waals surface area contributed by atoms with Crippen molar-refractivity contribution in [2.24, 2.45) is 0 Å². The summed E-state index contributed by atoms with van der Waals surface area (Å²) in [7, 11) is 1.25. The van der Waals surface area contributed by atoms with Gasteiger partial charge in [0.25, 0.3) is 0 Å². The molecule has 5 nitrogen and oxygen atoms in total. The van der Waals surface area contributed by atoms with Crippen LogP contribution in [0, 0.1) is 0 Å².